The molecule has 1 aromatic carbocycles. The lowest BCUT2D eigenvalue weighted by Gasteiger charge is -1.89. The van der Waals surface area contributed by atoms with Crippen molar-refractivity contribution in [3.63, 3.8) is 0 Å². The van der Waals surface area contributed by atoms with Gasteiger partial charge in [0.05, 0.1) is 11.0 Å². The molecule has 2 aromatic heterocycles. The number of aromatic amines is 2. The maximum Gasteiger partial charge on any atom is 0.104 e. The van der Waals surface area contributed by atoms with Crippen molar-refractivity contribution in [2.75, 3.05) is 0 Å². The molecule has 3 heteroatoms. The van der Waals surface area contributed by atoms with E-state index in [0.29, 0.717) is 0 Å². The van der Waals surface area contributed by atoms with Crippen LogP contribution in [0.5, 0.6) is 0 Å². The fourth-order valence-electron chi connectivity index (χ4n) is 1.91. The van der Waals surface area contributed by atoms with E-state index in [-0.39, 0.29) is 0 Å². The number of aromatic nitrogens is 3. The summed E-state index contributed by atoms with van der Waals surface area (Å²) in [6.45, 7) is 4.03. The molecule has 14 heavy (non-hydrogen) atoms. The Bertz CT molecular complexity index is 513. The Hall–Kier alpha value is -1.77. The lowest BCUT2D eigenvalue weighted by atomic mass is 10.2. The summed E-state index contributed by atoms with van der Waals surface area (Å²) in [5.41, 5.74) is 4.47. The fourth-order valence-corrected chi connectivity index (χ4v) is 1.91. The normalized spacial score (nSPS) is 11.6. The number of hydrogen-bond acceptors (Lipinski definition) is 1. The Morgan fingerprint density at radius 1 is 1.00 bits per heavy atom. The summed E-state index contributed by atoms with van der Waals surface area (Å²) >= 11 is 0. The highest BCUT2D eigenvalue weighted by molar-refractivity contribution is 5.93. The number of imidazole rings is 1. The number of benzene rings is 1. The van der Waals surface area contributed by atoms with E-state index in [4.69, 9.17) is 0 Å². The van der Waals surface area contributed by atoms with Gasteiger partial charge in [0.15, 0.2) is 0 Å². The molecule has 0 aliphatic rings. The number of hydrogen-bond donors (Lipinski definition) is 2. The van der Waals surface area contributed by atoms with Gasteiger partial charge in [-0.05, 0) is 32.0 Å². The molecular weight excluding hydrogens is 174 g/mol. The molecule has 70 valence electrons. The Morgan fingerprint density at radius 2 is 1.86 bits per heavy atom. The predicted octanol–water partition coefficient (Wildman–Crippen LogP) is 2.66. The van der Waals surface area contributed by atoms with Crippen LogP contribution >= 0.6 is 0 Å². The minimum absolute atomic E-state index is 0.962. The molecule has 0 bridgehead atoms. The van der Waals surface area contributed by atoms with Crippen molar-refractivity contribution >= 4 is 21.9 Å². The molecule has 0 unspecified atom stereocenters. The maximum absolute atomic E-state index is 4.40. The highest BCUT2D eigenvalue weighted by atomic mass is 14.9. The molecule has 2 heterocycles. The van der Waals surface area contributed by atoms with E-state index < -0.39 is 0 Å². The van der Waals surface area contributed by atoms with Crippen molar-refractivity contribution in [3.8, 4) is 0 Å². The van der Waals surface area contributed by atoms with Crippen molar-refractivity contribution in [2.45, 2.75) is 13.8 Å². The van der Waals surface area contributed by atoms with Gasteiger partial charge in [-0.15, -0.1) is 0 Å². The van der Waals surface area contributed by atoms with Crippen LogP contribution in [0.25, 0.3) is 21.9 Å². The fraction of sp³-hybridized carbons (Fsp3) is 0.182. The Kier molecular flexibility index (Phi) is 1.29. The Morgan fingerprint density at radius 3 is 2.71 bits per heavy atom. The number of nitrogens with zero attached hydrogens (tertiary/aromatic N) is 1. The first-order valence-corrected chi connectivity index (χ1v) is 4.68. The topological polar surface area (TPSA) is 44.5 Å². The lowest BCUT2D eigenvalue weighted by molar-refractivity contribution is 1.17. The number of fused-ring (bicyclic) bond motifs is 2. The third kappa shape index (κ3) is 0.954. The molecule has 0 saturated carbocycles. The Labute approximate surface area is 81.2 Å². The minimum atomic E-state index is 0.962. The van der Waals surface area contributed by atoms with Gasteiger partial charge in [0, 0.05) is 16.6 Å². The summed E-state index contributed by atoms with van der Waals surface area (Å²) < 4.78 is 0. The summed E-state index contributed by atoms with van der Waals surface area (Å²) in [6.07, 6.45) is 0. The second-order valence-corrected chi connectivity index (χ2v) is 3.73. The third-order valence-electron chi connectivity index (χ3n) is 2.48. The van der Waals surface area contributed by atoms with E-state index in [2.05, 4.69) is 40.1 Å². The van der Waals surface area contributed by atoms with Crippen molar-refractivity contribution < 1.29 is 0 Å². The van der Waals surface area contributed by atoms with Crippen LogP contribution in [0.2, 0.25) is 0 Å². The first kappa shape index (κ1) is 7.62. The molecule has 0 aliphatic carbocycles. The van der Waals surface area contributed by atoms with E-state index >= 15 is 0 Å². The van der Waals surface area contributed by atoms with Crippen molar-refractivity contribution in [3.05, 3.63) is 29.7 Å². The molecule has 0 fully saturated rings. The average molecular weight is 185 g/mol. The van der Waals surface area contributed by atoms with Crippen LogP contribution in [0.3, 0.4) is 0 Å². The number of aryl methyl sites for hydroxylation is 2. The van der Waals surface area contributed by atoms with Crippen molar-refractivity contribution in [2.24, 2.45) is 0 Å². The van der Waals surface area contributed by atoms with Crippen LogP contribution in [0.1, 0.15) is 11.5 Å². The molecule has 0 aliphatic heterocycles. The maximum atomic E-state index is 4.40. The van der Waals surface area contributed by atoms with Crippen LogP contribution in [0.15, 0.2) is 18.2 Å². The van der Waals surface area contributed by atoms with Gasteiger partial charge in [0.25, 0.3) is 0 Å². The molecule has 3 aromatic rings. The third-order valence-corrected chi connectivity index (χ3v) is 2.48. The molecule has 0 amide bonds. The highest BCUT2D eigenvalue weighted by Crippen LogP contribution is 2.21. The first-order valence-electron chi connectivity index (χ1n) is 4.68. The van der Waals surface area contributed by atoms with Crippen LogP contribution in [0.4, 0.5) is 0 Å². The molecular formula is C11H11N3. The van der Waals surface area contributed by atoms with Crippen molar-refractivity contribution in [1.82, 2.24) is 15.0 Å². The van der Waals surface area contributed by atoms with E-state index in [0.717, 1.165) is 22.4 Å². The van der Waals surface area contributed by atoms with Gasteiger partial charge >= 0.3 is 0 Å². The van der Waals surface area contributed by atoms with Crippen LogP contribution in [0, 0.1) is 13.8 Å². The molecule has 0 atom stereocenters. The van der Waals surface area contributed by atoms with Gasteiger partial charge in [0.1, 0.15) is 5.82 Å². The summed E-state index contributed by atoms with van der Waals surface area (Å²) in [5, 5.41) is 1.23. The van der Waals surface area contributed by atoms with Gasteiger partial charge in [-0.2, -0.15) is 0 Å². The number of rotatable bonds is 0. The van der Waals surface area contributed by atoms with Gasteiger partial charge in [0.2, 0.25) is 0 Å². The first-order chi connectivity index (χ1) is 6.72. The Balaban J connectivity index is 2.49. The van der Waals surface area contributed by atoms with Gasteiger partial charge in [-0.3, -0.25) is 0 Å². The van der Waals surface area contributed by atoms with Crippen LogP contribution in [-0.4, -0.2) is 15.0 Å². The quantitative estimate of drug-likeness (QED) is 0.555. The summed E-state index contributed by atoms with van der Waals surface area (Å²) in [7, 11) is 0. The molecule has 0 saturated heterocycles. The molecule has 0 spiro atoms. The number of H-pyrrole nitrogens is 2. The monoisotopic (exact) mass is 185 g/mol. The largest absolute Gasteiger partial charge is 0.359 e. The smallest absolute Gasteiger partial charge is 0.104 e. The molecule has 3 rings (SSSR count). The SMILES string of the molecule is Cc1cc2cc3[nH]c(C)nc3cc2[nH]1. The zero-order valence-corrected chi connectivity index (χ0v) is 8.18. The molecule has 2 N–H and O–H groups in total. The average Bonchev–Trinajstić information content (AvgIpc) is 2.59. The van der Waals surface area contributed by atoms with E-state index in [9.17, 15) is 0 Å². The second-order valence-electron chi connectivity index (χ2n) is 3.73. The van der Waals surface area contributed by atoms with Gasteiger partial charge in [-0.1, -0.05) is 0 Å². The van der Waals surface area contributed by atoms with E-state index in [1.54, 1.807) is 0 Å². The second kappa shape index (κ2) is 2.38. The zero-order valence-electron chi connectivity index (χ0n) is 8.18. The van der Waals surface area contributed by atoms with Crippen molar-refractivity contribution in [1.29, 1.82) is 0 Å². The van der Waals surface area contributed by atoms with Gasteiger partial charge in [-0.25, -0.2) is 4.98 Å². The van der Waals surface area contributed by atoms with Crippen LogP contribution in [-0.2, 0) is 0 Å². The molecule has 0 radical (unpaired) electrons. The number of nitrogens with one attached hydrogen (secondary N) is 2. The lowest BCUT2D eigenvalue weighted by Crippen LogP contribution is -1.71. The van der Waals surface area contributed by atoms with E-state index in [1.807, 2.05) is 6.92 Å². The van der Waals surface area contributed by atoms with Crippen LogP contribution < -0.4 is 0 Å². The predicted molar refractivity (Wildman–Crippen MR) is 57.4 cm³/mol. The summed E-state index contributed by atoms with van der Waals surface area (Å²) in [4.78, 5) is 10.9. The highest BCUT2D eigenvalue weighted by Gasteiger charge is 2.03. The zero-order chi connectivity index (χ0) is 9.71. The minimum Gasteiger partial charge on any atom is -0.359 e. The van der Waals surface area contributed by atoms with Gasteiger partial charge < -0.3 is 9.97 Å². The summed E-state index contributed by atoms with van der Waals surface area (Å²) in [6, 6.07) is 6.36. The summed E-state index contributed by atoms with van der Waals surface area (Å²) in [5.74, 6) is 0.962. The molecule has 3 nitrogen and oxygen atoms in total. The van der Waals surface area contributed by atoms with E-state index in [1.165, 1.54) is 11.1 Å². The standard InChI is InChI=1S/C11H11N3/c1-6-3-8-4-10-11(5-9(8)12-6)14-7(2)13-10/h3-5,12H,1-2H3,(H,13,14).